The van der Waals surface area contributed by atoms with E-state index in [0.29, 0.717) is 0 Å². The van der Waals surface area contributed by atoms with E-state index >= 15 is 0 Å². The van der Waals surface area contributed by atoms with Gasteiger partial charge in [-0.3, -0.25) is 9.13 Å². The first-order chi connectivity index (χ1) is 32.8. The van der Waals surface area contributed by atoms with Gasteiger partial charge in [-0.05, 0) is 110 Å². The number of hydrogen-bond acceptors (Lipinski definition) is 3. The Kier molecular flexibility index (Phi) is 9.77. The first-order valence-corrected chi connectivity index (χ1v) is 22.3. The van der Waals surface area contributed by atoms with Gasteiger partial charge in [0.2, 0.25) is 0 Å². The highest BCUT2D eigenvalue weighted by atomic mass is 15.1. The summed E-state index contributed by atoms with van der Waals surface area (Å²) in [5.41, 5.74) is 19.3. The zero-order chi connectivity index (χ0) is 43.8. The summed E-state index contributed by atoms with van der Waals surface area (Å²) in [5.74, 6) is 0.844. The normalized spacial score (nSPS) is 11.3. The van der Waals surface area contributed by atoms with Crippen LogP contribution in [0, 0.1) is 0 Å². The van der Waals surface area contributed by atoms with Crippen molar-refractivity contribution in [3.8, 4) is 89.7 Å². The average Bonchev–Trinajstić information content (AvgIpc) is 3.99. The standard InChI is InChI=1S/C61H41N5/c1-3-22-43(23-4-1)65-58(41-42-21-19-39-62-59(42)65)55-36-17-15-34-53(55)51-32-13-11-30-49(51)47-28-9-7-26-45(47)46-27-8-10-29-48(46)50-31-12-14-33-52(50)54-35-16-18-37-56(54)60-64-57-38-20-40-63-61(57)66(60)44-24-5-2-6-25-44/h1-41H. The minimum Gasteiger partial charge on any atom is -0.294 e. The van der Waals surface area contributed by atoms with Crippen LogP contribution in [0.4, 0.5) is 0 Å². The third kappa shape index (κ3) is 6.70. The van der Waals surface area contributed by atoms with Crippen molar-refractivity contribution in [2.45, 2.75) is 0 Å². The lowest BCUT2D eigenvalue weighted by atomic mass is 9.84. The molecule has 0 atom stereocenters. The molecule has 5 nitrogen and oxygen atoms in total. The highest BCUT2D eigenvalue weighted by Crippen LogP contribution is 2.47. The van der Waals surface area contributed by atoms with Crippen LogP contribution in [0.2, 0.25) is 0 Å². The summed E-state index contributed by atoms with van der Waals surface area (Å²) in [6.45, 7) is 0. The molecule has 310 valence electrons. The maximum atomic E-state index is 5.24. The van der Waals surface area contributed by atoms with Gasteiger partial charge in [0.1, 0.15) is 17.0 Å². The molecule has 8 aromatic carbocycles. The summed E-state index contributed by atoms with van der Waals surface area (Å²) in [6, 6.07) is 84.0. The maximum Gasteiger partial charge on any atom is 0.164 e. The number of pyridine rings is 2. The highest BCUT2D eigenvalue weighted by molar-refractivity contribution is 6.02. The number of imidazole rings is 1. The Bertz CT molecular complexity index is 3470. The lowest BCUT2D eigenvalue weighted by Crippen LogP contribution is -2.00. The van der Waals surface area contributed by atoms with Crippen molar-refractivity contribution < 1.29 is 0 Å². The van der Waals surface area contributed by atoms with Gasteiger partial charge in [-0.2, -0.15) is 0 Å². The summed E-state index contributed by atoms with van der Waals surface area (Å²) >= 11 is 0. The Balaban J connectivity index is 1.01. The van der Waals surface area contributed by atoms with Crippen molar-refractivity contribution in [2.75, 3.05) is 0 Å². The van der Waals surface area contributed by atoms with Gasteiger partial charge in [-0.25, -0.2) is 15.0 Å². The second-order valence-electron chi connectivity index (χ2n) is 16.3. The summed E-state index contributed by atoms with van der Waals surface area (Å²) in [4.78, 5) is 14.9. The van der Waals surface area contributed by atoms with E-state index in [1.807, 2.05) is 36.7 Å². The quantitative estimate of drug-likeness (QED) is 0.145. The summed E-state index contributed by atoms with van der Waals surface area (Å²) in [7, 11) is 0. The molecule has 12 rings (SSSR count). The number of nitrogens with zero attached hydrogens (tertiary/aromatic N) is 5. The Hall–Kier alpha value is -8.93. The molecule has 0 radical (unpaired) electrons. The molecule has 0 amide bonds. The zero-order valence-corrected chi connectivity index (χ0v) is 35.9. The van der Waals surface area contributed by atoms with Crippen LogP contribution < -0.4 is 0 Å². The van der Waals surface area contributed by atoms with Gasteiger partial charge in [0, 0.05) is 40.3 Å². The fraction of sp³-hybridized carbons (Fsp3) is 0. The van der Waals surface area contributed by atoms with E-state index in [1.165, 1.54) is 0 Å². The summed E-state index contributed by atoms with van der Waals surface area (Å²) in [5, 5.41) is 1.09. The molecule has 0 aliphatic rings. The molecule has 0 aliphatic carbocycles. The molecule has 0 bridgehead atoms. The fourth-order valence-electron chi connectivity index (χ4n) is 9.65. The lowest BCUT2D eigenvalue weighted by molar-refractivity contribution is 1.08. The molecule has 4 heterocycles. The smallest absolute Gasteiger partial charge is 0.164 e. The van der Waals surface area contributed by atoms with Crippen LogP contribution in [0.3, 0.4) is 0 Å². The van der Waals surface area contributed by atoms with Gasteiger partial charge in [-0.1, -0.05) is 182 Å². The molecule has 0 aliphatic heterocycles. The lowest BCUT2D eigenvalue weighted by Gasteiger charge is -2.20. The molecule has 5 heteroatoms. The third-order valence-corrected chi connectivity index (χ3v) is 12.5. The topological polar surface area (TPSA) is 48.5 Å². The Morgan fingerprint density at radius 2 is 0.621 bits per heavy atom. The van der Waals surface area contributed by atoms with Crippen LogP contribution in [0.15, 0.2) is 249 Å². The molecule has 66 heavy (non-hydrogen) atoms. The molecule has 0 saturated heterocycles. The van der Waals surface area contributed by atoms with Crippen LogP contribution in [0.25, 0.3) is 112 Å². The minimum absolute atomic E-state index is 0.822. The predicted molar refractivity (Wildman–Crippen MR) is 272 cm³/mol. The first-order valence-electron chi connectivity index (χ1n) is 22.3. The molecule has 0 fully saturated rings. The van der Waals surface area contributed by atoms with E-state index in [0.717, 1.165) is 112 Å². The fourth-order valence-corrected chi connectivity index (χ4v) is 9.65. The Labute approximate surface area is 383 Å². The largest absolute Gasteiger partial charge is 0.294 e. The van der Waals surface area contributed by atoms with E-state index in [9.17, 15) is 0 Å². The number of rotatable bonds is 9. The Morgan fingerprint density at radius 1 is 0.273 bits per heavy atom. The average molecular weight is 844 g/mol. The monoisotopic (exact) mass is 843 g/mol. The van der Waals surface area contributed by atoms with E-state index in [1.54, 1.807) is 0 Å². The molecular weight excluding hydrogens is 803 g/mol. The van der Waals surface area contributed by atoms with Crippen LogP contribution >= 0.6 is 0 Å². The minimum atomic E-state index is 0.822. The molecule has 12 aromatic rings. The van der Waals surface area contributed by atoms with E-state index in [2.05, 4.69) is 221 Å². The van der Waals surface area contributed by atoms with Crippen molar-refractivity contribution >= 4 is 22.2 Å². The van der Waals surface area contributed by atoms with E-state index in [4.69, 9.17) is 15.0 Å². The number of fused-ring (bicyclic) bond motifs is 2. The number of benzene rings is 8. The summed E-state index contributed by atoms with van der Waals surface area (Å²) < 4.78 is 4.46. The van der Waals surface area contributed by atoms with Crippen molar-refractivity contribution in [3.05, 3.63) is 249 Å². The van der Waals surface area contributed by atoms with Crippen LogP contribution in [-0.2, 0) is 0 Å². The predicted octanol–water partition coefficient (Wildman–Crippen LogP) is 15.4. The maximum absolute atomic E-state index is 5.24. The van der Waals surface area contributed by atoms with E-state index in [-0.39, 0.29) is 0 Å². The zero-order valence-electron chi connectivity index (χ0n) is 35.9. The second kappa shape index (κ2) is 16.6. The number of aromatic nitrogens is 5. The molecule has 0 saturated carbocycles. The summed E-state index contributed by atoms with van der Waals surface area (Å²) in [6.07, 6.45) is 3.71. The first kappa shape index (κ1) is 38.7. The Morgan fingerprint density at radius 3 is 1.09 bits per heavy atom. The highest BCUT2D eigenvalue weighted by Gasteiger charge is 2.23. The van der Waals surface area contributed by atoms with Gasteiger partial charge in [0.05, 0.1) is 5.69 Å². The van der Waals surface area contributed by atoms with E-state index < -0.39 is 0 Å². The van der Waals surface area contributed by atoms with Gasteiger partial charge >= 0.3 is 0 Å². The van der Waals surface area contributed by atoms with Crippen molar-refractivity contribution in [1.82, 2.24) is 24.1 Å². The van der Waals surface area contributed by atoms with Crippen molar-refractivity contribution in [2.24, 2.45) is 0 Å². The molecule has 0 spiro atoms. The van der Waals surface area contributed by atoms with Crippen LogP contribution in [-0.4, -0.2) is 24.1 Å². The van der Waals surface area contributed by atoms with Gasteiger partial charge in [0.25, 0.3) is 0 Å². The van der Waals surface area contributed by atoms with Gasteiger partial charge < -0.3 is 0 Å². The van der Waals surface area contributed by atoms with Gasteiger partial charge in [-0.15, -0.1) is 0 Å². The second-order valence-corrected chi connectivity index (χ2v) is 16.3. The molecular formula is C61H41N5. The third-order valence-electron chi connectivity index (χ3n) is 12.5. The SMILES string of the molecule is c1ccc(-n2c(-c3ccccc3-c3ccccc3-c3ccccc3-c3ccccc3-c3ccccc3-c3ccccc3-c3nc4cccnc4n3-c3ccccc3)cc3cccnc32)cc1. The van der Waals surface area contributed by atoms with Crippen LogP contribution in [0.1, 0.15) is 0 Å². The number of hydrogen-bond donors (Lipinski definition) is 0. The number of para-hydroxylation sites is 2. The molecule has 0 N–H and O–H groups in total. The molecule has 0 unspecified atom stereocenters. The molecule has 4 aromatic heterocycles. The van der Waals surface area contributed by atoms with Gasteiger partial charge in [0.15, 0.2) is 5.65 Å². The van der Waals surface area contributed by atoms with Crippen LogP contribution in [0.5, 0.6) is 0 Å². The van der Waals surface area contributed by atoms with Crippen molar-refractivity contribution in [3.63, 3.8) is 0 Å². The van der Waals surface area contributed by atoms with Crippen molar-refractivity contribution in [1.29, 1.82) is 0 Å².